The van der Waals surface area contributed by atoms with Gasteiger partial charge in [0.1, 0.15) is 5.60 Å². The Kier molecular flexibility index (Phi) is 5.52. The molecule has 0 saturated carbocycles. The maximum Gasteiger partial charge on any atom is 0.254 e. The molecule has 7 nitrogen and oxygen atoms in total. The first kappa shape index (κ1) is 19.6. The van der Waals surface area contributed by atoms with Crippen LogP contribution in [0, 0.1) is 11.8 Å². The van der Waals surface area contributed by atoms with Crippen molar-refractivity contribution in [1.29, 1.82) is 0 Å². The van der Waals surface area contributed by atoms with Crippen LogP contribution < -0.4 is 5.32 Å². The zero-order valence-corrected chi connectivity index (χ0v) is 16.3. The molecule has 2 heterocycles. The van der Waals surface area contributed by atoms with E-state index in [1.165, 1.54) is 6.92 Å². The van der Waals surface area contributed by atoms with Crippen molar-refractivity contribution < 1.29 is 14.7 Å². The van der Waals surface area contributed by atoms with Gasteiger partial charge in [0.05, 0.1) is 31.0 Å². The van der Waals surface area contributed by atoms with Crippen LogP contribution in [-0.2, 0) is 24.4 Å². The third-order valence-corrected chi connectivity index (χ3v) is 4.28. The van der Waals surface area contributed by atoms with E-state index < -0.39 is 5.60 Å². The summed E-state index contributed by atoms with van der Waals surface area (Å²) in [6, 6.07) is 9.04. The van der Waals surface area contributed by atoms with E-state index in [9.17, 15) is 14.7 Å². The highest BCUT2D eigenvalue weighted by Crippen LogP contribution is 2.17. The van der Waals surface area contributed by atoms with Gasteiger partial charge in [0.15, 0.2) is 0 Å². The molecule has 0 aliphatic carbocycles. The van der Waals surface area contributed by atoms with Crippen LogP contribution in [-0.4, -0.2) is 43.7 Å². The molecule has 7 heteroatoms. The largest absolute Gasteiger partial charge is 0.378 e. The zero-order valence-electron chi connectivity index (χ0n) is 16.3. The van der Waals surface area contributed by atoms with Crippen molar-refractivity contribution in [3.05, 3.63) is 52.8 Å². The Morgan fingerprint density at radius 1 is 1.29 bits per heavy atom. The molecular weight excluding hydrogens is 356 g/mol. The van der Waals surface area contributed by atoms with E-state index in [1.807, 2.05) is 16.8 Å². The van der Waals surface area contributed by atoms with Gasteiger partial charge in [-0.2, -0.15) is 5.10 Å². The number of nitrogens with zero attached hydrogens (tertiary/aromatic N) is 3. The summed E-state index contributed by atoms with van der Waals surface area (Å²) < 4.78 is 1.88. The fourth-order valence-electron chi connectivity index (χ4n) is 2.94. The SMILES string of the molecule is CC(=O)NCc1cc2n(n1)CCN(C(=O)c1cccc(C#CC(C)(C)O)c1)C2. The lowest BCUT2D eigenvalue weighted by atomic mass is 10.1. The highest BCUT2D eigenvalue weighted by Gasteiger charge is 2.23. The van der Waals surface area contributed by atoms with Gasteiger partial charge in [-0.05, 0) is 38.1 Å². The first-order chi connectivity index (χ1) is 13.2. The van der Waals surface area contributed by atoms with Crippen LogP contribution in [0.15, 0.2) is 30.3 Å². The quantitative estimate of drug-likeness (QED) is 0.786. The molecule has 146 valence electrons. The lowest BCUT2D eigenvalue weighted by Crippen LogP contribution is -2.38. The van der Waals surface area contributed by atoms with Crippen LogP contribution in [0.3, 0.4) is 0 Å². The first-order valence-corrected chi connectivity index (χ1v) is 9.16. The van der Waals surface area contributed by atoms with Gasteiger partial charge >= 0.3 is 0 Å². The number of hydrogen-bond donors (Lipinski definition) is 2. The number of rotatable bonds is 3. The topological polar surface area (TPSA) is 87.5 Å². The molecule has 1 aliphatic rings. The Bertz CT molecular complexity index is 960. The maximum absolute atomic E-state index is 12.9. The van der Waals surface area contributed by atoms with Crippen molar-refractivity contribution in [2.45, 2.75) is 46.0 Å². The van der Waals surface area contributed by atoms with Crippen molar-refractivity contribution in [1.82, 2.24) is 20.0 Å². The van der Waals surface area contributed by atoms with E-state index in [1.54, 1.807) is 36.9 Å². The predicted molar refractivity (Wildman–Crippen MR) is 104 cm³/mol. The summed E-state index contributed by atoms with van der Waals surface area (Å²) in [5.74, 6) is 5.50. The number of nitrogens with one attached hydrogen (secondary N) is 1. The van der Waals surface area contributed by atoms with E-state index in [0.29, 0.717) is 37.3 Å². The molecule has 0 radical (unpaired) electrons. The first-order valence-electron chi connectivity index (χ1n) is 9.16. The highest BCUT2D eigenvalue weighted by molar-refractivity contribution is 5.94. The second-order valence-corrected chi connectivity index (χ2v) is 7.38. The van der Waals surface area contributed by atoms with Gasteiger partial charge in [0, 0.05) is 24.6 Å². The fourth-order valence-corrected chi connectivity index (χ4v) is 2.94. The van der Waals surface area contributed by atoms with E-state index >= 15 is 0 Å². The van der Waals surface area contributed by atoms with Crippen LogP contribution in [0.4, 0.5) is 0 Å². The standard InChI is InChI=1S/C21H24N4O3/c1-15(26)22-13-18-12-19-14-24(9-10-25(19)23-18)20(27)17-6-4-5-16(11-17)7-8-21(2,3)28/h4-6,11-12,28H,9-10,13-14H2,1-3H3,(H,22,26). The molecule has 3 rings (SSSR count). The second-order valence-electron chi connectivity index (χ2n) is 7.38. The molecule has 1 aromatic carbocycles. The number of hydrogen-bond acceptors (Lipinski definition) is 4. The van der Waals surface area contributed by atoms with E-state index in [4.69, 9.17) is 0 Å². The molecule has 0 saturated heterocycles. The third kappa shape index (κ3) is 4.99. The molecule has 1 aromatic heterocycles. The molecule has 0 unspecified atom stereocenters. The summed E-state index contributed by atoms with van der Waals surface area (Å²) in [5, 5.41) is 17.0. The molecule has 1 aliphatic heterocycles. The number of carbonyl (C=O) groups is 2. The lowest BCUT2D eigenvalue weighted by molar-refractivity contribution is -0.119. The predicted octanol–water partition coefficient (Wildman–Crippen LogP) is 1.30. The van der Waals surface area contributed by atoms with Crippen molar-refractivity contribution in [2.75, 3.05) is 6.54 Å². The fraction of sp³-hybridized carbons (Fsp3) is 0.381. The van der Waals surface area contributed by atoms with Crippen LogP contribution in [0.25, 0.3) is 0 Å². The summed E-state index contributed by atoms with van der Waals surface area (Å²) in [4.78, 5) is 25.8. The van der Waals surface area contributed by atoms with E-state index in [0.717, 1.165) is 11.4 Å². The van der Waals surface area contributed by atoms with Crippen molar-refractivity contribution >= 4 is 11.8 Å². The van der Waals surface area contributed by atoms with Crippen LogP contribution in [0.2, 0.25) is 0 Å². The van der Waals surface area contributed by atoms with Crippen molar-refractivity contribution in [2.24, 2.45) is 0 Å². The van der Waals surface area contributed by atoms with E-state index in [2.05, 4.69) is 22.3 Å². The minimum atomic E-state index is -1.08. The van der Waals surface area contributed by atoms with Gasteiger partial charge in [-0.3, -0.25) is 14.3 Å². The Morgan fingerprint density at radius 2 is 2.07 bits per heavy atom. The van der Waals surface area contributed by atoms with Crippen LogP contribution in [0.1, 0.15) is 48.1 Å². The molecule has 0 bridgehead atoms. The van der Waals surface area contributed by atoms with Gasteiger partial charge in [-0.15, -0.1) is 0 Å². The molecule has 2 aromatic rings. The number of benzene rings is 1. The monoisotopic (exact) mass is 380 g/mol. The van der Waals surface area contributed by atoms with E-state index in [-0.39, 0.29) is 11.8 Å². The zero-order chi connectivity index (χ0) is 20.3. The Hall–Kier alpha value is -3.11. The molecule has 28 heavy (non-hydrogen) atoms. The summed E-state index contributed by atoms with van der Waals surface area (Å²) in [7, 11) is 0. The van der Waals surface area contributed by atoms with Crippen LogP contribution in [0.5, 0.6) is 0 Å². The molecule has 0 atom stereocenters. The summed E-state index contributed by atoms with van der Waals surface area (Å²) >= 11 is 0. The summed E-state index contributed by atoms with van der Waals surface area (Å²) in [6.07, 6.45) is 0. The smallest absolute Gasteiger partial charge is 0.254 e. The Labute approximate surface area is 164 Å². The molecule has 0 fully saturated rings. The van der Waals surface area contributed by atoms with Crippen molar-refractivity contribution in [3.63, 3.8) is 0 Å². The Balaban J connectivity index is 1.72. The van der Waals surface area contributed by atoms with Gasteiger partial charge in [-0.25, -0.2) is 0 Å². The lowest BCUT2D eigenvalue weighted by Gasteiger charge is -2.27. The third-order valence-electron chi connectivity index (χ3n) is 4.28. The Morgan fingerprint density at radius 3 is 2.79 bits per heavy atom. The van der Waals surface area contributed by atoms with Gasteiger partial charge < -0.3 is 15.3 Å². The average molecular weight is 380 g/mol. The van der Waals surface area contributed by atoms with Gasteiger partial charge in [0.2, 0.25) is 5.91 Å². The normalized spacial score (nSPS) is 13.4. The summed E-state index contributed by atoms with van der Waals surface area (Å²) in [6.45, 7) is 6.72. The molecular formula is C21H24N4O3. The summed E-state index contributed by atoms with van der Waals surface area (Å²) in [5.41, 5.74) is 1.89. The minimum absolute atomic E-state index is 0.0669. The maximum atomic E-state index is 12.9. The number of aromatic nitrogens is 2. The van der Waals surface area contributed by atoms with Crippen LogP contribution >= 0.6 is 0 Å². The van der Waals surface area contributed by atoms with Gasteiger partial charge in [0.25, 0.3) is 5.91 Å². The average Bonchev–Trinajstić information content (AvgIpc) is 3.06. The molecule has 0 spiro atoms. The van der Waals surface area contributed by atoms with Crippen molar-refractivity contribution in [3.8, 4) is 11.8 Å². The van der Waals surface area contributed by atoms with Gasteiger partial charge in [-0.1, -0.05) is 17.9 Å². The number of aliphatic hydroxyl groups is 1. The second kappa shape index (κ2) is 7.87. The number of amides is 2. The number of fused-ring (bicyclic) bond motifs is 1. The molecule has 2 amide bonds. The highest BCUT2D eigenvalue weighted by atomic mass is 16.3. The minimum Gasteiger partial charge on any atom is -0.378 e. The number of carbonyl (C=O) groups excluding carboxylic acids is 2. The molecule has 2 N–H and O–H groups in total.